The third-order valence-electron chi connectivity index (χ3n) is 11.9. The molecule has 4 heterocycles. The van der Waals surface area contributed by atoms with Gasteiger partial charge in [0.1, 0.15) is 12.2 Å². The van der Waals surface area contributed by atoms with Crippen molar-refractivity contribution in [1.29, 1.82) is 0 Å². The molecular weight excluding hydrogens is 889 g/mol. The molecule has 10 atom stereocenters. The molecule has 0 aromatic heterocycles. The molecule has 2 fully saturated rings. The number of hydrogen-bond acceptors (Lipinski definition) is 18. The average Bonchev–Trinajstić information content (AvgIpc) is 3.30. The lowest BCUT2D eigenvalue weighted by Crippen LogP contribution is -2.66. The van der Waals surface area contributed by atoms with Crippen molar-refractivity contribution < 1.29 is 76.3 Å². The third-order valence-corrected chi connectivity index (χ3v) is 11.9. The van der Waals surface area contributed by atoms with E-state index in [2.05, 4.69) is 0 Å². The Balaban J connectivity index is 1.08. The predicted octanol–water partition coefficient (Wildman–Crippen LogP) is 2.30. The molecule has 0 radical (unpaired) electrons. The largest absolute Gasteiger partial charge is 0.457 e. The molecule has 4 aliphatic heterocycles. The molecule has 356 valence electrons. The highest BCUT2D eigenvalue weighted by Crippen LogP contribution is 2.39. The molecule has 2 saturated heterocycles. The van der Waals surface area contributed by atoms with Crippen LogP contribution in [0.4, 0.5) is 0 Å². The molecule has 0 bridgehead atoms. The number of ether oxygens (including phenoxy) is 8. The van der Waals surface area contributed by atoms with Gasteiger partial charge in [0.05, 0.1) is 38.4 Å². The molecule has 4 amide bonds. The van der Waals surface area contributed by atoms with Crippen molar-refractivity contribution in [1.82, 2.24) is 9.80 Å². The molecule has 8 rings (SSSR count). The van der Waals surface area contributed by atoms with Crippen LogP contribution < -0.4 is 11.5 Å². The lowest BCUT2D eigenvalue weighted by molar-refractivity contribution is -0.271. The van der Waals surface area contributed by atoms with E-state index < -0.39 is 122 Å². The molecule has 4 aliphatic rings. The fourth-order valence-electron chi connectivity index (χ4n) is 8.96. The van der Waals surface area contributed by atoms with Gasteiger partial charge < -0.3 is 49.4 Å². The number of imide groups is 2. The van der Waals surface area contributed by atoms with Gasteiger partial charge in [-0.3, -0.25) is 48.2 Å². The van der Waals surface area contributed by atoms with Crippen LogP contribution in [-0.2, 0) is 70.3 Å². The van der Waals surface area contributed by atoms with E-state index in [1.54, 1.807) is 48.5 Å². The second-order valence-corrected chi connectivity index (χ2v) is 16.6. The van der Waals surface area contributed by atoms with Crippen LogP contribution in [0.25, 0.3) is 10.8 Å². The van der Waals surface area contributed by atoms with Gasteiger partial charge in [0.25, 0.3) is 23.6 Å². The predicted molar refractivity (Wildman–Crippen MR) is 233 cm³/mol. The van der Waals surface area contributed by atoms with Crippen molar-refractivity contribution in [2.75, 3.05) is 13.1 Å². The Kier molecular flexibility index (Phi) is 13.8. The summed E-state index contributed by atoms with van der Waals surface area (Å²) < 4.78 is 46.8. The van der Waals surface area contributed by atoms with Gasteiger partial charge in [0, 0.05) is 60.7 Å². The molecular formula is C48H48N4O16. The first-order valence-corrected chi connectivity index (χ1v) is 21.7. The molecule has 68 heavy (non-hydrogen) atoms. The summed E-state index contributed by atoms with van der Waals surface area (Å²) >= 11 is 0. The van der Waals surface area contributed by atoms with E-state index in [9.17, 15) is 38.4 Å². The maximum Gasteiger partial charge on any atom is 0.303 e. The Labute approximate surface area is 388 Å². The normalized spacial score (nSPS) is 26.6. The number of hydrogen-bond donors (Lipinski definition) is 2. The van der Waals surface area contributed by atoms with Crippen LogP contribution in [0.1, 0.15) is 80.3 Å². The number of nitrogens with two attached hydrogens (primary N) is 2. The van der Waals surface area contributed by atoms with Crippen LogP contribution in [0.2, 0.25) is 0 Å². The van der Waals surface area contributed by atoms with Gasteiger partial charge >= 0.3 is 23.9 Å². The zero-order valence-electron chi connectivity index (χ0n) is 37.3. The number of amides is 4. The van der Waals surface area contributed by atoms with Gasteiger partial charge in [-0.15, -0.1) is 0 Å². The highest BCUT2D eigenvalue weighted by molar-refractivity contribution is 6.33. The van der Waals surface area contributed by atoms with E-state index in [0.29, 0.717) is 0 Å². The molecule has 0 unspecified atom stereocenters. The van der Waals surface area contributed by atoms with Crippen LogP contribution in [0.15, 0.2) is 84.9 Å². The first kappa shape index (κ1) is 47.5. The van der Waals surface area contributed by atoms with Gasteiger partial charge in [-0.1, -0.05) is 60.7 Å². The van der Waals surface area contributed by atoms with E-state index in [-0.39, 0.29) is 46.2 Å². The van der Waals surface area contributed by atoms with Crippen LogP contribution in [-0.4, -0.2) is 132 Å². The maximum atomic E-state index is 14.5. The minimum Gasteiger partial charge on any atom is -0.457 e. The molecule has 0 aliphatic carbocycles. The zero-order chi connectivity index (χ0) is 48.6. The average molecular weight is 937 g/mol. The highest BCUT2D eigenvalue weighted by atomic mass is 16.7. The summed E-state index contributed by atoms with van der Waals surface area (Å²) in [6, 6.07) is 21.1. The van der Waals surface area contributed by atoms with E-state index in [1.807, 2.05) is 12.1 Å². The quantitative estimate of drug-likeness (QED) is 0.104. The number of nitrogens with zero attached hydrogens (tertiary/aromatic N) is 2. The zero-order valence-corrected chi connectivity index (χ0v) is 37.3. The molecule has 4 aromatic carbocycles. The Hall–Kier alpha value is -6.94. The number of carbonyl (C=O) groups is 8. The lowest BCUT2D eigenvalue weighted by atomic mass is 9.85. The number of benzene rings is 4. The summed E-state index contributed by atoms with van der Waals surface area (Å²) in [5.41, 5.74) is 14.4. The van der Waals surface area contributed by atoms with Crippen LogP contribution in [0, 0.1) is 0 Å². The van der Waals surface area contributed by atoms with Crippen LogP contribution >= 0.6 is 0 Å². The first-order chi connectivity index (χ1) is 32.5. The van der Waals surface area contributed by atoms with E-state index in [1.165, 1.54) is 24.3 Å². The minimum absolute atomic E-state index is 0.0144. The number of carbonyl (C=O) groups excluding carboxylic acids is 8. The molecule has 0 spiro atoms. The SMILES string of the molecule is CC(=O)O[C@@H]1[C@@H](N)[C@@H](OCc2ccccc2)O[C@H](CN2C(=O)c3ccc4c5c(ccc(c35)C2=O)C(=O)N(C[C@H]2O[C@H](OCc3ccccc3)[C@H](N)[C@@H](OC(C)=O)[C@@H]2OC(C)=O)C4=O)[C@H]1OC(C)=O. The van der Waals surface area contributed by atoms with Gasteiger partial charge in [0.15, 0.2) is 37.0 Å². The Morgan fingerprint density at radius 3 is 1.06 bits per heavy atom. The Bertz CT molecular complexity index is 2410. The summed E-state index contributed by atoms with van der Waals surface area (Å²) in [5.74, 6) is -6.45. The second-order valence-electron chi connectivity index (χ2n) is 16.6. The van der Waals surface area contributed by atoms with Crippen molar-refractivity contribution >= 4 is 58.3 Å². The molecule has 4 N–H and O–H groups in total. The van der Waals surface area contributed by atoms with Crippen LogP contribution in [0.5, 0.6) is 0 Å². The summed E-state index contributed by atoms with van der Waals surface area (Å²) in [6.45, 7) is 3.47. The summed E-state index contributed by atoms with van der Waals surface area (Å²) in [5, 5.41) is 0.0825. The van der Waals surface area contributed by atoms with E-state index in [0.717, 1.165) is 48.6 Å². The summed E-state index contributed by atoms with van der Waals surface area (Å²) in [7, 11) is 0. The highest BCUT2D eigenvalue weighted by Gasteiger charge is 2.53. The van der Waals surface area contributed by atoms with Crippen molar-refractivity contribution in [2.24, 2.45) is 11.5 Å². The lowest BCUT2D eigenvalue weighted by Gasteiger charge is -2.45. The standard InChI is InChI=1S/C48H48N4O16/c1-23(53)63-39-33(67-47(37(49)41(39)65-25(3)55)61-21-27-11-7-5-8-12-27)19-51-43(57)29-15-17-31-36-32(18-16-30(35(29)36)44(51)58)46(60)52(45(31)59)20-34-40(64-24(2)54)42(66-26(4)56)38(50)48(68-34)62-22-28-13-9-6-10-14-28/h5-18,33-34,37-42,47-48H,19-22,49-50H2,1-4H3/t33-,34-,37-,38-,39-,40-,41-,42-,47+,48+/m1/s1. The monoisotopic (exact) mass is 936 g/mol. The minimum atomic E-state index is -1.40. The van der Waals surface area contributed by atoms with Gasteiger partial charge in [-0.25, -0.2) is 0 Å². The Morgan fingerprint density at radius 2 is 0.765 bits per heavy atom. The van der Waals surface area contributed by atoms with Crippen molar-refractivity contribution in [3.63, 3.8) is 0 Å². The van der Waals surface area contributed by atoms with Gasteiger partial charge in [-0.05, 0) is 35.4 Å². The molecule has 20 nitrogen and oxygen atoms in total. The van der Waals surface area contributed by atoms with Crippen LogP contribution in [0.3, 0.4) is 0 Å². The molecule has 0 saturated carbocycles. The molecule has 20 heteroatoms. The topological polar surface area (TPSA) is 269 Å². The fourth-order valence-corrected chi connectivity index (χ4v) is 8.96. The van der Waals surface area contributed by atoms with E-state index >= 15 is 0 Å². The van der Waals surface area contributed by atoms with Crippen molar-refractivity contribution in [3.8, 4) is 0 Å². The first-order valence-electron chi connectivity index (χ1n) is 21.7. The number of rotatable bonds is 14. The van der Waals surface area contributed by atoms with Crippen molar-refractivity contribution in [3.05, 3.63) is 118 Å². The number of esters is 4. The van der Waals surface area contributed by atoms with Gasteiger partial charge in [-0.2, -0.15) is 0 Å². The van der Waals surface area contributed by atoms with Gasteiger partial charge in [0.2, 0.25) is 0 Å². The maximum absolute atomic E-state index is 14.5. The molecule has 4 aromatic rings. The van der Waals surface area contributed by atoms with Crippen molar-refractivity contribution in [2.45, 2.75) is 102 Å². The third kappa shape index (κ3) is 9.46. The van der Waals surface area contributed by atoms with E-state index in [4.69, 9.17) is 49.4 Å². The summed E-state index contributed by atoms with van der Waals surface area (Å²) in [6.07, 6.45) is -10.7. The smallest absolute Gasteiger partial charge is 0.303 e. The fraction of sp³-hybridized carbons (Fsp3) is 0.375. The Morgan fingerprint density at radius 1 is 0.471 bits per heavy atom. The summed E-state index contributed by atoms with van der Waals surface area (Å²) in [4.78, 5) is 109. The second kappa shape index (κ2) is 19.7.